The second kappa shape index (κ2) is 8.57. The Labute approximate surface area is 224 Å². The van der Waals surface area contributed by atoms with Crippen LogP contribution >= 0.6 is 23.1 Å². The lowest BCUT2D eigenvalue weighted by atomic mass is 9.97. The average molecular weight is 497 g/mol. The summed E-state index contributed by atoms with van der Waals surface area (Å²) in [5.74, 6) is -0.897. The molecule has 174 valence electrons. The van der Waals surface area contributed by atoms with E-state index < -0.39 is 77.9 Å². The summed E-state index contributed by atoms with van der Waals surface area (Å²) in [4.78, 5) is 14.5. The first-order valence-corrected chi connectivity index (χ1v) is 11.3. The number of benzene rings is 2. The van der Waals surface area contributed by atoms with Crippen LogP contribution in [-0.4, -0.2) is 53.3 Å². The summed E-state index contributed by atoms with van der Waals surface area (Å²) in [6, 6.07) is -10.8. The van der Waals surface area contributed by atoms with Crippen LogP contribution in [0.1, 0.15) is 56.7 Å². The fraction of sp³-hybridized carbons (Fsp3) is 0.462. The predicted molar refractivity (Wildman–Crippen MR) is 139 cm³/mol. The molecular formula is C26H31ClN4OS. The first-order chi connectivity index (χ1) is 21.1. The molecule has 1 fully saturated rings. The van der Waals surface area contributed by atoms with Crippen molar-refractivity contribution in [2.75, 3.05) is 29.8 Å². The normalized spacial score (nSPS) is 37.3. The highest BCUT2D eigenvalue weighted by atomic mass is 35.5. The number of carbonyl (C=O) groups is 1. The zero-order valence-corrected chi connectivity index (χ0v) is 20.3. The number of carbonyl (C=O) groups excluding carboxylic acids is 1. The molecule has 0 radical (unpaired) electrons. The number of halogens is 1. The molecule has 0 spiro atoms. The lowest BCUT2D eigenvalue weighted by molar-refractivity contribution is -0.117. The third-order valence-electron chi connectivity index (χ3n) is 5.59. The van der Waals surface area contributed by atoms with Gasteiger partial charge in [0.1, 0.15) is 0 Å². The standard InChI is InChI=1S/C26H31ClN4OS/c1-15-7-6-8-23-25(15)26(28-33-23)30-13-17(3)31(18(4)14-30)16(2)9-19-10-20-11-24(32)29(5)22(20)12-21(19)27/h6-8,10,12,16-18H,9,11,13-14H2,1-5H3/i6D,7D,8D,9D2,10D,12D,13D2,14D2,16D,17D,18D. The number of likely N-dealkylation sites (N-methyl/N-ethyl adjacent to an activating group) is 1. The van der Waals surface area contributed by atoms with Crippen molar-refractivity contribution >= 4 is 50.6 Å². The molecule has 0 saturated carbocycles. The van der Waals surface area contributed by atoms with E-state index in [1.807, 2.05) is 0 Å². The van der Waals surface area contributed by atoms with Crippen LogP contribution in [0.5, 0.6) is 0 Å². The number of piperazine rings is 1. The van der Waals surface area contributed by atoms with Crippen LogP contribution in [0.3, 0.4) is 0 Å². The molecule has 1 aromatic heterocycles. The Bertz CT molecular complexity index is 1850. The summed E-state index contributed by atoms with van der Waals surface area (Å²) < 4.78 is 130. The van der Waals surface area contributed by atoms with Gasteiger partial charge in [-0.2, -0.15) is 4.37 Å². The van der Waals surface area contributed by atoms with E-state index in [1.165, 1.54) is 14.0 Å². The van der Waals surface area contributed by atoms with Crippen LogP contribution in [0, 0.1) is 6.92 Å². The molecule has 0 N–H and O–H groups in total. The number of hydrogen-bond acceptors (Lipinski definition) is 5. The Hall–Kier alpha value is -2.15. The minimum Gasteiger partial charge on any atom is -0.352 e. The van der Waals surface area contributed by atoms with Gasteiger partial charge in [-0.1, -0.05) is 29.7 Å². The number of aryl methyl sites for hydroxylation is 1. The second-order valence-corrected chi connectivity index (χ2v) is 9.03. The first-order valence-electron chi connectivity index (χ1n) is 17.2. The Morgan fingerprint density at radius 1 is 1.39 bits per heavy atom. The molecule has 5 rings (SSSR count). The van der Waals surface area contributed by atoms with Gasteiger partial charge in [0.25, 0.3) is 0 Å². The van der Waals surface area contributed by atoms with Gasteiger partial charge in [0.15, 0.2) is 5.82 Å². The minimum atomic E-state index is -3.20. The summed E-state index contributed by atoms with van der Waals surface area (Å²) in [5, 5.41) is -0.610. The van der Waals surface area contributed by atoms with E-state index in [0.717, 1.165) is 25.7 Å². The van der Waals surface area contributed by atoms with E-state index in [4.69, 9.17) is 18.5 Å². The Morgan fingerprint density at radius 3 is 2.85 bits per heavy atom. The topological polar surface area (TPSA) is 39.7 Å². The molecule has 0 aliphatic carbocycles. The van der Waals surface area contributed by atoms with Gasteiger partial charge >= 0.3 is 0 Å². The second-order valence-electron chi connectivity index (χ2n) is 7.88. The van der Waals surface area contributed by atoms with Crippen LogP contribution in [-0.2, 0) is 17.6 Å². The highest BCUT2D eigenvalue weighted by molar-refractivity contribution is 7.13. The van der Waals surface area contributed by atoms with Crippen LogP contribution in [0.25, 0.3) is 10.1 Å². The van der Waals surface area contributed by atoms with E-state index in [2.05, 4.69) is 4.37 Å². The van der Waals surface area contributed by atoms with Gasteiger partial charge in [0.2, 0.25) is 5.91 Å². The fourth-order valence-electron chi connectivity index (χ4n) is 4.05. The van der Waals surface area contributed by atoms with Gasteiger partial charge in [-0.25, -0.2) is 0 Å². The largest absolute Gasteiger partial charge is 0.352 e. The van der Waals surface area contributed by atoms with Crippen molar-refractivity contribution in [1.29, 1.82) is 0 Å². The molecule has 1 saturated heterocycles. The lowest BCUT2D eigenvalue weighted by Gasteiger charge is -2.47. The summed E-state index contributed by atoms with van der Waals surface area (Å²) in [5.41, 5.74) is -0.605. The van der Waals surface area contributed by atoms with Crippen molar-refractivity contribution in [2.45, 2.75) is 58.5 Å². The fourth-order valence-corrected chi connectivity index (χ4v) is 5.02. The van der Waals surface area contributed by atoms with Crippen molar-refractivity contribution in [3.8, 4) is 0 Å². The van der Waals surface area contributed by atoms with Crippen LogP contribution < -0.4 is 9.80 Å². The van der Waals surface area contributed by atoms with E-state index in [1.54, 1.807) is 0 Å². The van der Waals surface area contributed by atoms with Crippen LogP contribution in [0.4, 0.5) is 11.5 Å². The van der Waals surface area contributed by atoms with Crippen LogP contribution in [0.15, 0.2) is 30.2 Å². The summed E-state index contributed by atoms with van der Waals surface area (Å²) >= 11 is 7.15. The quantitative estimate of drug-likeness (QED) is 0.491. The number of aromatic nitrogens is 1. The number of nitrogens with zero attached hydrogens (tertiary/aromatic N) is 4. The van der Waals surface area contributed by atoms with Crippen molar-refractivity contribution in [1.82, 2.24) is 9.27 Å². The summed E-state index contributed by atoms with van der Waals surface area (Å²) in [6.45, 7) is -2.15. The highest BCUT2D eigenvalue weighted by Crippen LogP contribution is 2.36. The minimum absolute atomic E-state index is 0.00293. The molecule has 3 heterocycles. The Kier molecular flexibility index (Phi) is 2.99. The lowest BCUT2D eigenvalue weighted by Crippen LogP contribution is -2.60. The van der Waals surface area contributed by atoms with Gasteiger partial charge in [0.05, 0.1) is 23.5 Å². The molecule has 33 heavy (non-hydrogen) atoms. The van der Waals surface area contributed by atoms with E-state index in [-0.39, 0.29) is 45.4 Å². The van der Waals surface area contributed by atoms with Crippen molar-refractivity contribution in [2.24, 2.45) is 0 Å². The average Bonchev–Trinajstić information content (AvgIpc) is 3.49. The zero-order valence-electron chi connectivity index (χ0n) is 32.7. The number of hydrogen-bond donors (Lipinski definition) is 0. The molecule has 2 aromatic carbocycles. The highest BCUT2D eigenvalue weighted by Gasteiger charge is 2.35. The number of rotatable bonds is 4. The maximum absolute atomic E-state index is 12.5. The van der Waals surface area contributed by atoms with E-state index in [9.17, 15) is 17.1 Å². The smallest absolute Gasteiger partial charge is 0.231 e. The maximum atomic E-state index is 12.5. The molecule has 5 nitrogen and oxygen atoms in total. The molecular weight excluding hydrogens is 452 g/mol. The summed E-state index contributed by atoms with van der Waals surface area (Å²) in [6.07, 6.45) is -3.52. The van der Waals surface area contributed by atoms with Gasteiger partial charge in [-0.05, 0) is 74.4 Å². The maximum Gasteiger partial charge on any atom is 0.231 e. The monoisotopic (exact) mass is 496 g/mol. The van der Waals surface area contributed by atoms with Gasteiger partial charge in [-0.15, -0.1) is 0 Å². The third kappa shape index (κ3) is 3.92. The van der Waals surface area contributed by atoms with Gasteiger partial charge < -0.3 is 9.80 Å². The molecule has 3 aromatic rings. The molecule has 2 aliphatic rings. The van der Waals surface area contributed by atoms with Gasteiger partial charge in [-0.3, -0.25) is 9.69 Å². The molecule has 3 atom stereocenters. The third-order valence-corrected chi connectivity index (χ3v) is 6.63. The summed E-state index contributed by atoms with van der Waals surface area (Å²) in [7, 11) is 1.38. The number of anilines is 2. The van der Waals surface area contributed by atoms with Crippen molar-refractivity contribution < 1.29 is 24.0 Å². The molecule has 0 bridgehead atoms. The van der Waals surface area contributed by atoms with E-state index >= 15 is 0 Å². The zero-order chi connectivity index (χ0) is 35.9. The van der Waals surface area contributed by atoms with Crippen molar-refractivity contribution in [3.05, 3.63) is 51.9 Å². The predicted octanol–water partition coefficient (Wildman–Crippen LogP) is 5.31. The Morgan fingerprint density at radius 2 is 2.12 bits per heavy atom. The van der Waals surface area contributed by atoms with Crippen LogP contribution in [0.2, 0.25) is 5.02 Å². The van der Waals surface area contributed by atoms with E-state index in [0.29, 0.717) is 21.3 Å². The number of amides is 1. The molecule has 2 aliphatic heterocycles. The number of fused-ring (bicyclic) bond motifs is 2. The van der Waals surface area contributed by atoms with Gasteiger partial charge in [0, 0.05) is 61.0 Å². The van der Waals surface area contributed by atoms with Crippen molar-refractivity contribution in [3.63, 3.8) is 0 Å². The molecule has 1 amide bonds. The Balaban J connectivity index is 1.76. The molecule has 7 heteroatoms. The SMILES string of the molecule is [2H]c1c(Cl)c(C([2H])([2H])C([2H])(C)N2C([2H])(C)C([2H])([2H])N(c3nsc4c([2H])c([2H])c([2H])c(C)c34)C([2H])([2H])C2([2H])C)c([2H])c2c1N(C)C(=O)C2. The first kappa shape index (κ1) is 11.5. The molecule has 3 unspecified atom stereocenters.